The number of methoxy groups -OCH3 is 1. The molecule has 0 saturated heterocycles. The molecule has 1 aliphatic carbocycles. The quantitative estimate of drug-likeness (QED) is 0.757. The highest BCUT2D eigenvalue weighted by molar-refractivity contribution is 6.02. The Morgan fingerprint density at radius 1 is 1.17 bits per heavy atom. The van der Waals surface area contributed by atoms with Crippen molar-refractivity contribution in [2.75, 3.05) is 7.11 Å². The molecule has 0 saturated carbocycles. The second kappa shape index (κ2) is 7.07. The van der Waals surface area contributed by atoms with Gasteiger partial charge in [0.2, 0.25) is 0 Å². The lowest BCUT2D eigenvalue weighted by Gasteiger charge is -2.38. The van der Waals surface area contributed by atoms with E-state index in [9.17, 15) is 14.7 Å². The molecule has 0 radical (unpaired) electrons. The number of benzene rings is 2. The summed E-state index contributed by atoms with van der Waals surface area (Å²) in [4.78, 5) is 26.1. The summed E-state index contributed by atoms with van der Waals surface area (Å²) in [6.45, 7) is 4.10. The molecular weight excluding hydrogens is 368 g/mol. The number of para-hydroxylation sites is 1. The van der Waals surface area contributed by atoms with Gasteiger partial charge in [-0.25, -0.2) is 0 Å². The monoisotopic (exact) mass is 392 g/mol. The fraction of sp³-hybridized carbons (Fsp3) is 0.333. The Bertz CT molecular complexity index is 1010. The maximum atomic E-state index is 13.1. The third-order valence-electron chi connectivity index (χ3n) is 5.64. The van der Waals surface area contributed by atoms with E-state index in [2.05, 4.69) is 0 Å². The van der Waals surface area contributed by atoms with E-state index in [1.165, 1.54) is 12.1 Å². The molecule has 1 N–H and O–H groups in total. The SMILES string of the molecule is COc1cccc2c1OC1=C(C(=O)CC(C)(C)C1)[C@@H]2CC(=O)c1ccc(O)cc1. The van der Waals surface area contributed by atoms with E-state index in [4.69, 9.17) is 9.47 Å². The largest absolute Gasteiger partial charge is 0.508 e. The van der Waals surface area contributed by atoms with Crippen LogP contribution < -0.4 is 9.47 Å². The summed E-state index contributed by atoms with van der Waals surface area (Å²) in [6, 6.07) is 11.7. The molecule has 0 aromatic heterocycles. The van der Waals surface area contributed by atoms with Crippen molar-refractivity contribution < 1.29 is 24.2 Å². The summed E-state index contributed by atoms with van der Waals surface area (Å²) >= 11 is 0. The molecule has 2 aromatic carbocycles. The van der Waals surface area contributed by atoms with Gasteiger partial charge in [0, 0.05) is 41.9 Å². The van der Waals surface area contributed by atoms with E-state index in [-0.39, 0.29) is 35.1 Å². The van der Waals surface area contributed by atoms with Gasteiger partial charge in [0.15, 0.2) is 23.1 Å². The molecule has 1 aliphatic heterocycles. The summed E-state index contributed by atoms with van der Waals surface area (Å²) in [7, 11) is 1.58. The Kier molecular flexibility index (Phi) is 4.69. The Hall–Kier alpha value is -3.08. The van der Waals surface area contributed by atoms with Crippen molar-refractivity contribution in [3.63, 3.8) is 0 Å². The number of aromatic hydroxyl groups is 1. The van der Waals surface area contributed by atoms with Gasteiger partial charge < -0.3 is 14.6 Å². The standard InChI is InChI=1S/C24H24O5/c1-24(2)12-19(27)22-17(11-18(26)14-7-9-15(25)10-8-14)16-5-4-6-20(28-3)23(16)29-21(22)13-24/h4-10,17,25H,11-13H2,1-3H3/t17-/m1/s1. The molecule has 1 heterocycles. The number of phenols is 1. The van der Waals surface area contributed by atoms with Crippen LogP contribution in [0.2, 0.25) is 0 Å². The van der Waals surface area contributed by atoms with Crippen LogP contribution in [0.15, 0.2) is 53.8 Å². The van der Waals surface area contributed by atoms with E-state index in [1.54, 1.807) is 19.2 Å². The van der Waals surface area contributed by atoms with Crippen LogP contribution in [-0.2, 0) is 4.79 Å². The number of phenolic OH excluding ortho intramolecular Hbond substituents is 1. The van der Waals surface area contributed by atoms with Crippen molar-refractivity contribution in [3.8, 4) is 17.2 Å². The zero-order valence-electron chi connectivity index (χ0n) is 16.8. The first-order valence-electron chi connectivity index (χ1n) is 9.72. The van der Waals surface area contributed by atoms with Crippen LogP contribution in [0, 0.1) is 5.41 Å². The molecule has 29 heavy (non-hydrogen) atoms. The minimum atomic E-state index is -0.381. The normalized spacial score (nSPS) is 19.8. The van der Waals surface area contributed by atoms with Crippen LogP contribution >= 0.6 is 0 Å². The van der Waals surface area contributed by atoms with Gasteiger partial charge in [-0.05, 0) is 35.7 Å². The smallest absolute Gasteiger partial charge is 0.172 e. The molecule has 0 unspecified atom stereocenters. The molecule has 5 nitrogen and oxygen atoms in total. The maximum Gasteiger partial charge on any atom is 0.172 e. The topological polar surface area (TPSA) is 72.8 Å². The van der Waals surface area contributed by atoms with Crippen LogP contribution in [0.4, 0.5) is 0 Å². The number of ether oxygens (including phenoxy) is 2. The first-order valence-corrected chi connectivity index (χ1v) is 9.72. The molecule has 0 amide bonds. The fourth-order valence-corrected chi connectivity index (χ4v) is 4.28. The van der Waals surface area contributed by atoms with Gasteiger partial charge in [0.05, 0.1) is 7.11 Å². The number of allylic oxidation sites excluding steroid dienone is 2. The van der Waals surface area contributed by atoms with Crippen molar-refractivity contribution in [2.45, 2.75) is 39.0 Å². The maximum absolute atomic E-state index is 13.1. The van der Waals surface area contributed by atoms with Crippen LogP contribution in [0.1, 0.15) is 54.9 Å². The lowest BCUT2D eigenvalue weighted by Crippen LogP contribution is -2.33. The summed E-state index contributed by atoms with van der Waals surface area (Å²) in [6.07, 6.45) is 1.22. The van der Waals surface area contributed by atoms with Crippen molar-refractivity contribution >= 4 is 11.6 Å². The van der Waals surface area contributed by atoms with Gasteiger partial charge in [-0.3, -0.25) is 9.59 Å². The second-order valence-corrected chi connectivity index (χ2v) is 8.49. The first-order chi connectivity index (χ1) is 13.8. The second-order valence-electron chi connectivity index (χ2n) is 8.49. The zero-order valence-corrected chi connectivity index (χ0v) is 16.8. The highest BCUT2D eigenvalue weighted by Crippen LogP contribution is 2.51. The number of Topliss-reactive ketones (excluding diaryl/α,β-unsaturated/α-hetero) is 2. The molecule has 1 atom stereocenters. The Labute approximate surface area is 170 Å². The van der Waals surface area contributed by atoms with Crippen molar-refractivity contribution in [1.29, 1.82) is 0 Å². The van der Waals surface area contributed by atoms with Gasteiger partial charge in [-0.2, -0.15) is 0 Å². The van der Waals surface area contributed by atoms with Crippen molar-refractivity contribution in [2.24, 2.45) is 5.41 Å². The number of hydrogen-bond acceptors (Lipinski definition) is 5. The summed E-state index contributed by atoms with van der Waals surface area (Å²) in [5.41, 5.74) is 1.71. The molecule has 0 bridgehead atoms. The molecule has 2 aromatic rings. The third-order valence-corrected chi connectivity index (χ3v) is 5.64. The highest BCUT2D eigenvalue weighted by atomic mass is 16.5. The predicted molar refractivity (Wildman–Crippen MR) is 108 cm³/mol. The third kappa shape index (κ3) is 3.53. The Morgan fingerprint density at radius 2 is 1.90 bits per heavy atom. The fourth-order valence-electron chi connectivity index (χ4n) is 4.28. The van der Waals surface area contributed by atoms with E-state index in [0.717, 1.165) is 5.56 Å². The number of rotatable bonds is 4. The number of fused-ring (bicyclic) bond motifs is 1. The first kappa shape index (κ1) is 19.2. The molecule has 4 rings (SSSR count). The Balaban J connectivity index is 1.79. The molecule has 2 aliphatic rings. The number of carbonyl (C=O) groups excluding carboxylic acids is 2. The van der Waals surface area contributed by atoms with Gasteiger partial charge in [0.25, 0.3) is 0 Å². The number of hydrogen-bond donors (Lipinski definition) is 1. The van der Waals surface area contributed by atoms with Gasteiger partial charge in [0.1, 0.15) is 11.5 Å². The van der Waals surface area contributed by atoms with E-state index < -0.39 is 0 Å². The van der Waals surface area contributed by atoms with Gasteiger partial charge in [-0.1, -0.05) is 26.0 Å². The zero-order chi connectivity index (χ0) is 20.8. The predicted octanol–water partition coefficient (Wildman–Crippen LogP) is 4.79. The van der Waals surface area contributed by atoms with Crippen LogP contribution in [0.25, 0.3) is 0 Å². The van der Waals surface area contributed by atoms with Crippen molar-refractivity contribution in [3.05, 3.63) is 64.9 Å². The summed E-state index contributed by atoms with van der Waals surface area (Å²) in [5.74, 6) is 1.50. The molecule has 0 fully saturated rings. The van der Waals surface area contributed by atoms with Crippen LogP contribution in [-0.4, -0.2) is 23.8 Å². The summed E-state index contributed by atoms with van der Waals surface area (Å²) in [5, 5.41) is 9.49. The van der Waals surface area contributed by atoms with E-state index >= 15 is 0 Å². The lowest BCUT2D eigenvalue weighted by atomic mass is 9.70. The van der Waals surface area contributed by atoms with E-state index in [1.807, 2.05) is 32.0 Å². The van der Waals surface area contributed by atoms with Crippen LogP contribution in [0.3, 0.4) is 0 Å². The Morgan fingerprint density at radius 3 is 2.59 bits per heavy atom. The average Bonchev–Trinajstić information content (AvgIpc) is 2.66. The highest BCUT2D eigenvalue weighted by Gasteiger charge is 2.42. The molecular formula is C24H24O5. The van der Waals surface area contributed by atoms with Crippen molar-refractivity contribution in [1.82, 2.24) is 0 Å². The number of ketones is 2. The van der Waals surface area contributed by atoms with Gasteiger partial charge >= 0.3 is 0 Å². The molecule has 150 valence electrons. The molecule has 0 spiro atoms. The average molecular weight is 392 g/mol. The van der Waals surface area contributed by atoms with Gasteiger partial charge in [-0.15, -0.1) is 0 Å². The minimum Gasteiger partial charge on any atom is -0.508 e. The molecule has 5 heteroatoms. The minimum absolute atomic E-state index is 0.0354. The van der Waals surface area contributed by atoms with Crippen LogP contribution in [0.5, 0.6) is 17.2 Å². The number of carbonyl (C=O) groups is 2. The summed E-state index contributed by atoms with van der Waals surface area (Å²) < 4.78 is 11.7. The lowest BCUT2D eigenvalue weighted by molar-refractivity contribution is -0.118. The van der Waals surface area contributed by atoms with E-state index in [0.29, 0.717) is 41.2 Å².